The molecule has 0 saturated carbocycles. The van der Waals surface area contributed by atoms with Crippen molar-refractivity contribution in [2.24, 2.45) is 0 Å². The minimum absolute atomic E-state index is 0.0228. The van der Waals surface area contributed by atoms with Gasteiger partial charge in [0.15, 0.2) is 0 Å². The third-order valence-electron chi connectivity index (χ3n) is 1.89. The molecular formula is C10H22O. The van der Waals surface area contributed by atoms with Crippen molar-refractivity contribution in [1.29, 1.82) is 0 Å². The summed E-state index contributed by atoms with van der Waals surface area (Å²) >= 11 is 0. The predicted molar refractivity (Wildman–Crippen MR) is 49.7 cm³/mol. The third kappa shape index (κ3) is 9.96. The SMILES string of the molecule is [2H]C(CO)CCCCCCCC. The first kappa shape index (κ1) is 9.05. The Balaban J connectivity index is 2.90. The first-order valence-electron chi connectivity index (χ1n) is 5.42. The van der Waals surface area contributed by atoms with Gasteiger partial charge in [-0.2, -0.15) is 0 Å². The lowest BCUT2D eigenvalue weighted by molar-refractivity contribution is 0.282. The summed E-state index contributed by atoms with van der Waals surface area (Å²) in [5.41, 5.74) is 0. The molecule has 1 unspecified atom stereocenters. The highest BCUT2D eigenvalue weighted by Gasteiger charge is 1.89. The monoisotopic (exact) mass is 159 g/mol. The molecule has 0 aromatic heterocycles. The highest BCUT2D eigenvalue weighted by atomic mass is 16.2. The van der Waals surface area contributed by atoms with Crippen molar-refractivity contribution >= 4 is 0 Å². The first-order chi connectivity index (χ1) is 5.81. The van der Waals surface area contributed by atoms with Crippen LogP contribution in [-0.4, -0.2) is 11.7 Å². The summed E-state index contributed by atoms with van der Waals surface area (Å²) in [5, 5.41) is 8.59. The zero-order valence-electron chi connectivity index (χ0n) is 8.68. The van der Waals surface area contributed by atoms with Crippen LogP contribution in [0.1, 0.15) is 59.6 Å². The maximum atomic E-state index is 8.59. The smallest absolute Gasteiger partial charge is 0.0431 e. The Bertz CT molecular complexity index is 85.9. The van der Waals surface area contributed by atoms with Crippen LogP contribution in [0.25, 0.3) is 0 Å². The van der Waals surface area contributed by atoms with E-state index in [0.29, 0.717) is 0 Å². The van der Waals surface area contributed by atoms with Gasteiger partial charge in [0.1, 0.15) is 0 Å². The van der Waals surface area contributed by atoms with Crippen LogP contribution in [0.3, 0.4) is 0 Å². The van der Waals surface area contributed by atoms with Crippen molar-refractivity contribution in [3.8, 4) is 0 Å². The van der Waals surface area contributed by atoms with E-state index in [0.717, 1.165) is 12.8 Å². The van der Waals surface area contributed by atoms with E-state index in [2.05, 4.69) is 6.92 Å². The van der Waals surface area contributed by atoms with E-state index in [1.165, 1.54) is 32.1 Å². The highest BCUT2D eigenvalue weighted by Crippen LogP contribution is 2.07. The van der Waals surface area contributed by atoms with Crippen molar-refractivity contribution < 1.29 is 6.48 Å². The average Bonchev–Trinajstić information content (AvgIpc) is 2.10. The van der Waals surface area contributed by atoms with Gasteiger partial charge in [-0.1, -0.05) is 51.9 Å². The fourth-order valence-electron chi connectivity index (χ4n) is 1.16. The molecule has 68 valence electrons. The minimum Gasteiger partial charge on any atom is -0.396 e. The molecule has 0 radical (unpaired) electrons. The van der Waals surface area contributed by atoms with E-state index in [9.17, 15) is 0 Å². The maximum Gasteiger partial charge on any atom is 0.0431 e. The zero-order chi connectivity index (χ0) is 9.23. The number of hydrogen-bond donors (Lipinski definition) is 1. The molecular weight excluding hydrogens is 136 g/mol. The third-order valence-corrected chi connectivity index (χ3v) is 1.89. The number of aliphatic hydroxyl groups is 1. The molecule has 1 N–H and O–H groups in total. The molecule has 0 spiro atoms. The van der Waals surface area contributed by atoms with Gasteiger partial charge in [-0.3, -0.25) is 0 Å². The van der Waals surface area contributed by atoms with Gasteiger partial charge in [0.05, 0.1) is 0 Å². The Hall–Kier alpha value is -0.0400. The summed E-state index contributed by atoms with van der Waals surface area (Å²) in [6, 6.07) is 0. The van der Waals surface area contributed by atoms with Crippen LogP contribution in [0.2, 0.25) is 0 Å². The number of hydrogen-bond acceptors (Lipinski definition) is 1. The van der Waals surface area contributed by atoms with Crippen molar-refractivity contribution in [3.05, 3.63) is 0 Å². The summed E-state index contributed by atoms with van der Waals surface area (Å²) in [6.07, 6.45) is 8.22. The van der Waals surface area contributed by atoms with Gasteiger partial charge in [-0.15, -0.1) is 0 Å². The Morgan fingerprint density at radius 3 is 2.09 bits per heavy atom. The van der Waals surface area contributed by atoms with Crippen molar-refractivity contribution in [3.63, 3.8) is 0 Å². The summed E-state index contributed by atoms with van der Waals surface area (Å²) in [4.78, 5) is 0. The van der Waals surface area contributed by atoms with E-state index < -0.39 is 0 Å². The van der Waals surface area contributed by atoms with Crippen LogP contribution in [-0.2, 0) is 0 Å². The van der Waals surface area contributed by atoms with Gasteiger partial charge in [-0.05, 0) is 6.40 Å². The van der Waals surface area contributed by atoms with Crippen molar-refractivity contribution in [1.82, 2.24) is 0 Å². The van der Waals surface area contributed by atoms with Crippen LogP contribution in [0.15, 0.2) is 0 Å². The molecule has 0 aliphatic carbocycles. The largest absolute Gasteiger partial charge is 0.396 e. The quantitative estimate of drug-likeness (QED) is 0.539. The maximum absolute atomic E-state index is 8.59. The van der Waals surface area contributed by atoms with E-state index >= 15 is 0 Å². The molecule has 0 aliphatic rings. The molecule has 0 rings (SSSR count). The number of aliphatic hydroxyl groups excluding tert-OH is 1. The molecule has 0 aromatic rings. The Labute approximate surface area is 72.2 Å². The van der Waals surface area contributed by atoms with Crippen molar-refractivity contribution in [2.75, 3.05) is 6.61 Å². The molecule has 0 fully saturated rings. The standard InChI is InChI=1S/C10H22O/c1-2-3-4-5-6-7-8-9-10-11/h11H,2-10H2,1H3/i9D. The Morgan fingerprint density at radius 2 is 1.55 bits per heavy atom. The Kier molecular flexibility index (Phi) is 8.20. The lowest BCUT2D eigenvalue weighted by Crippen LogP contribution is -1.83. The molecule has 0 amide bonds. The molecule has 1 atom stereocenters. The lowest BCUT2D eigenvalue weighted by Gasteiger charge is -1.98. The summed E-state index contributed by atoms with van der Waals surface area (Å²) < 4.78 is 7.29. The molecule has 1 heteroatoms. The normalized spacial score (nSPS) is 14.5. The zero-order valence-corrected chi connectivity index (χ0v) is 7.68. The van der Waals surface area contributed by atoms with Crippen LogP contribution in [0, 0.1) is 0 Å². The van der Waals surface area contributed by atoms with Crippen LogP contribution >= 0.6 is 0 Å². The van der Waals surface area contributed by atoms with Crippen LogP contribution in [0.5, 0.6) is 0 Å². The first-order valence-corrected chi connectivity index (χ1v) is 4.84. The lowest BCUT2D eigenvalue weighted by atomic mass is 10.1. The van der Waals surface area contributed by atoms with E-state index in [1.54, 1.807) is 0 Å². The second-order valence-corrected chi connectivity index (χ2v) is 3.03. The molecule has 0 saturated heterocycles. The fraction of sp³-hybridized carbons (Fsp3) is 1.00. The number of rotatable bonds is 8. The van der Waals surface area contributed by atoms with Gasteiger partial charge in [0, 0.05) is 7.98 Å². The van der Waals surface area contributed by atoms with Crippen LogP contribution in [0.4, 0.5) is 0 Å². The highest BCUT2D eigenvalue weighted by molar-refractivity contribution is 4.44. The number of unbranched alkanes of at least 4 members (excludes halogenated alkanes) is 5. The summed E-state index contributed by atoms with van der Waals surface area (Å²) in [5.74, 6) is 0. The van der Waals surface area contributed by atoms with Gasteiger partial charge in [-0.25, -0.2) is 0 Å². The molecule has 0 heterocycles. The summed E-state index contributed by atoms with van der Waals surface area (Å²) in [7, 11) is 0. The van der Waals surface area contributed by atoms with Gasteiger partial charge < -0.3 is 5.11 Å². The van der Waals surface area contributed by atoms with Crippen molar-refractivity contribution in [2.45, 2.75) is 58.3 Å². The minimum atomic E-state index is -0.240. The topological polar surface area (TPSA) is 20.2 Å². The molecule has 11 heavy (non-hydrogen) atoms. The van der Waals surface area contributed by atoms with Gasteiger partial charge in [0.2, 0.25) is 0 Å². The Morgan fingerprint density at radius 1 is 1.00 bits per heavy atom. The molecule has 0 aliphatic heterocycles. The van der Waals surface area contributed by atoms with Crippen LogP contribution < -0.4 is 0 Å². The van der Waals surface area contributed by atoms with Gasteiger partial charge in [0.25, 0.3) is 0 Å². The second-order valence-electron chi connectivity index (χ2n) is 3.03. The van der Waals surface area contributed by atoms with E-state index in [1.807, 2.05) is 0 Å². The predicted octanol–water partition coefficient (Wildman–Crippen LogP) is 3.12. The molecule has 0 bridgehead atoms. The molecule has 1 nitrogen and oxygen atoms in total. The van der Waals surface area contributed by atoms with E-state index in [-0.39, 0.29) is 13.0 Å². The summed E-state index contributed by atoms with van der Waals surface area (Å²) in [6.45, 7) is 2.24. The molecule has 0 aromatic carbocycles. The van der Waals surface area contributed by atoms with Gasteiger partial charge >= 0.3 is 0 Å². The van der Waals surface area contributed by atoms with E-state index in [4.69, 9.17) is 6.48 Å². The second kappa shape index (κ2) is 9.96. The average molecular weight is 159 g/mol. The fourth-order valence-corrected chi connectivity index (χ4v) is 1.16.